The van der Waals surface area contributed by atoms with Crippen molar-refractivity contribution in [3.8, 4) is 11.4 Å². The zero-order chi connectivity index (χ0) is 24.5. The Labute approximate surface area is 201 Å². The van der Waals surface area contributed by atoms with E-state index in [9.17, 15) is 18.4 Å². The van der Waals surface area contributed by atoms with Gasteiger partial charge in [0, 0.05) is 17.0 Å². The molecule has 0 saturated heterocycles. The third-order valence-electron chi connectivity index (χ3n) is 5.36. The standard InChI is InChI=1S/C25H18F2N4O3S/c1-34-16-9-7-15(8-10-16)31-24(33)23-22(17-4-2-3-5-19(17)29-23)30-25(31)35-13-21(32)28-20-11-6-14(26)12-18(20)27/h2-12,29H,13H2,1H3,(H,28,32). The van der Waals surface area contributed by atoms with Crippen molar-refractivity contribution in [2.24, 2.45) is 0 Å². The van der Waals surface area contributed by atoms with Crippen molar-refractivity contribution in [1.29, 1.82) is 0 Å². The minimum Gasteiger partial charge on any atom is -0.497 e. The van der Waals surface area contributed by atoms with Crippen molar-refractivity contribution in [2.75, 3.05) is 18.2 Å². The van der Waals surface area contributed by atoms with E-state index in [4.69, 9.17) is 9.72 Å². The van der Waals surface area contributed by atoms with E-state index in [1.807, 2.05) is 24.3 Å². The largest absolute Gasteiger partial charge is 0.497 e. The van der Waals surface area contributed by atoms with Gasteiger partial charge in [-0.05, 0) is 42.5 Å². The summed E-state index contributed by atoms with van der Waals surface area (Å²) in [4.78, 5) is 33.9. The Morgan fingerprint density at radius 3 is 2.63 bits per heavy atom. The van der Waals surface area contributed by atoms with Gasteiger partial charge in [-0.15, -0.1) is 0 Å². The first-order valence-electron chi connectivity index (χ1n) is 10.5. The lowest BCUT2D eigenvalue weighted by Crippen LogP contribution is -2.23. The number of carbonyl (C=O) groups excluding carboxylic acids is 1. The molecule has 1 amide bonds. The molecule has 176 valence electrons. The summed E-state index contributed by atoms with van der Waals surface area (Å²) >= 11 is 1.03. The summed E-state index contributed by atoms with van der Waals surface area (Å²) in [5.41, 5.74) is 1.66. The first-order valence-corrected chi connectivity index (χ1v) is 11.5. The van der Waals surface area contributed by atoms with Crippen LogP contribution < -0.4 is 15.6 Å². The number of aromatic amines is 1. The summed E-state index contributed by atoms with van der Waals surface area (Å²) in [5.74, 6) is -1.69. The van der Waals surface area contributed by atoms with Gasteiger partial charge in [0.05, 0.1) is 24.2 Å². The Balaban J connectivity index is 1.54. The maximum Gasteiger partial charge on any atom is 0.283 e. The fourth-order valence-electron chi connectivity index (χ4n) is 3.71. The maximum atomic E-state index is 13.9. The van der Waals surface area contributed by atoms with Crippen LogP contribution in [0.2, 0.25) is 0 Å². The molecule has 5 aromatic rings. The van der Waals surface area contributed by atoms with Crippen LogP contribution in [0.5, 0.6) is 5.75 Å². The summed E-state index contributed by atoms with van der Waals surface area (Å²) in [7, 11) is 1.54. The molecule has 5 rings (SSSR count). The second kappa shape index (κ2) is 9.22. The lowest BCUT2D eigenvalue weighted by atomic mass is 10.2. The second-order valence-electron chi connectivity index (χ2n) is 7.59. The molecule has 10 heteroatoms. The van der Waals surface area contributed by atoms with Gasteiger partial charge in [0.15, 0.2) is 5.16 Å². The number of nitrogens with zero attached hydrogens (tertiary/aromatic N) is 2. The highest BCUT2D eigenvalue weighted by Crippen LogP contribution is 2.27. The van der Waals surface area contributed by atoms with Gasteiger partial charge in [0.2, 0.25) is 5.91 Å². The van der Waals surface area contributed by atoms with Crippen molar-refractivity contribution in [2.45, 2.75) is 5.16 Å². The number of methoxy groups -OCH3 is 1. The molecule has 2 N–H and O–H groups in total. The number of amides is 1. The lowest BCUT2D eigenvalue weighted by molar-refractivity contribution is -0.113. The number of ether oxygens (including phenoxy) is 1. The molecule has 0 saturated carbocycles. The topological polar surface area (TPSA) is 89.0 Å². The van der Waals surface area contributed by atoms with E-state index < -0.39 is 17.5 Å². The molecule has 0 unspecified atom stereocenters. The van der Waals surface area contributed by atoms with E-state index in [1.165, 1.54) is 4.57 Å². The molecule has 2 heterocycles. The van der Waals surface area contributed by atoms with Crippen LogP contribution in [0.4, 0.5) is 14.5 Å². The first-order chi connectivity index (χ1) is 16.9. The van der Waals surface area contributed by atoms with E-state index in [0.29, 0.717) is 28.5 Å². The number of hydrogen-bond donors (Lipinski definition) is 2. The average molecular weight is 493 g/mol. The van der Waals surface area contributed by atoms with E-state index in [-0.39, 0.29) is 22.2 Å². The normalized spacial score (nSPS) is 11.2. The number of halogens is 2. The van der Waals surface area contributed by atoms with Gasteiger partial charge in [0.25, 0.3) is 5.56 Å². The molecule has 0 atom stereocenters. The number of hydrogen-bond acceptors (Lipinski definition) is 5. The van der Waals surface area contributed by atoms with Crippen molar-refractivity contribution in [3.05, 3.63) is 88.7 Å². The number of fused-ring (bicyclic) bond motifs is 3. The molecular weight excluding hydrogens is 474 g/mol. The highest BCUT2D eigenvalue weighted by atomic mass is 32.2. The lowest BCUT2D eigenvalue weighted by Gasteiger charge is -2.13. The highest BCUT2D eigenvalue weighted by Gasteiger charge is 2.18. The molecule has 0 aliphatic heterocycles. The fourth-order valence-corrected chi connectivity index (χ4v) is 4.51. The summed E-state index contributed by atoms with van der Waals surface area (Å²) in [6, 6.07) is 17.2. The summed E-state index contributed by atoms with van der Waals surface area (Å²) in [6.45, 7) is 0. The third-order valence-corrected chi connectivity index (χ3v) is 6.30. The number of H-pyrrole nitrogens is 1. The molecule has 0 spiro atoms. The van der Waals surface area contributed by atoms with Crippen molar-refractivity contribution in [1.82, 2.24) is 14.5 Å². The molecular formula is C25H18F2N4O3S. The van der Waals surface area contributed by atoms with Gasteiger partial charge in [-0.2, -0.15) is 0 Å². The predicted octanol–water partition coefficient (Wildman–Crippen LogP) is 4.88. The molecule has 0 aliphatic carbocycles. The Kier molecular flexibility index (Phi) is 5.96. The second-order valence-corrected chi connectivity index (χ2v) is 8.53. The number of anilines is 1. The monoisotopic (exact) mass is 492 g/mol. The van der Waals surface area contributed by atoms with Gasteiger partial charge in [-0.1, -0.05) is 30.0 Å². The third kappa shape index (κ3) is 4.35. The zero-order valence-corrected chi connectivity index (χ0v) is 19.2. The van der Waals surface area contributed by atoms with Crippen molar-refractivity contribution < 1.29 is 18.3 Å². The maximum absolute atomic E-state index is 13.9. The van der Waals surface area contributed by atoms with Crippen LogP contribution in [0.15, 0.2) is 76.7 Å². The van der Waals surface area contributed by atoms with Gasteiger partial charge in [-0.25, -0.2) is 13.8 Å². The smallest absolute Gasteiger partial charge is 0.283 e. The average Bonchev–Trinajstić information content (AvgIpc) is 3.24. The molecule has 2 aromatic heterocycles. The van der Waals surface area contributed by atoms with Gasteiger partial charge < -0.3 is 15.0 Å². The quantitative estimate of drug-likeness (QED) is 0.260. The molecule has 0 radical (unpaired) electrons. The van der Waals surface area contributed by atoms with Crippen LogP contribution >= 0.6 is 11.8 Å². The van der Waals surface area contributed by atoms with Crippen LogP contribution in [-0.4, -0.2) is 33.3 Å². The van der Waals surface area contributed by atoms with E-state index in [1.54, 1.807) is 31.4 Å². The van der Waals surface area contributed by atoms with Gasteiger partial charge >= 0.3 is 0 Å². The number of nitrogens with one attached hydrogen (secondary N) is 2. The van der Waals surface area contributed by atoms with Gasteiger partial charge in [0.1, 0.15) is 28.4 Å². The Hall–Kier alpha value is -4.18. The Morgan fingerprint density at radius 1 is 1.11 bits per heavy atom. The molecule has 0 aliphatic rings. The van der Waals surface area contributed by atoms with Crippen LogP contribution in [0.3, 0.4) is 0 Å². The number of thioether (sulfide) groups is 1. The first kappa shape index (κ1) is 22.6. The van der Waals surface area contributed by atoms with Crippen LogP contribution in [0.25, 0.3) is 27.6 Å². The van der Waals surface area contributed by atoms with Crippen molar-refractivity contribution >= 4 is 45.3 Å². The highest BCUT2D eigenvalue weighted by molar-refractivity contribution is 7.99. The molecule has 7 nitrogen and oxygen atoms in total. The number of rotatable bonds is 6. The summed E-state index contributed by atoms with van der Waals surface area (Å²) in [6.07, 6.45) is 0. The number of carbonyl (C=O) groups is 1. The molecule has 0 bridgehead atoms. The Morgan fingerprint density at radius 2 is 1.89 bits per heavy atom. The Bertz CT molecular complexity index is 1630. The van der Waals surface area contributed by atoms with Crippen molar-refractivity contribution in [3.63, 3.8) is 0 Å². The van der Waals surface area contributed by atoms with E-state index in [2.05, 4.69) is 10.3 Å². The van der Waals surface area contributed by atoms with Crippen LogP contribution in [0, 0.1) is 11.6 Å². The van der Waals surface area contributed by atoms with Crippen LogP contribution in [-0.2, 0) is 4.79 Å². The fraction of sp³-hybridized carbons (Fsp3) is 0.0800. The van der Waals surface area contributed by atoms with Gasteiger partial charge in [-0.3, -0.25) is 14.2 Å². The number of para-hydroxylation sites is 1. The zero-order valence-electron chi connectivity index (χ0n) is 18.3. The summed E-state index contributed by atoms with van der Waals surface area (Å²) in [5, 5.41) is 3.48. The van der Waals surface area contributed by atoms with E-state index >= 15 is 0 Å². The SMILES string of the molecule is COc1ccc(-n2c(SCC(=O)Nc3ccc(F)cc3F)nc3c([nH]c4ccccc43)c2=O)cc1. The summed E-state index contributed by atoms with van der Waals surface area (Å²) < 4.78 is 33.7. The molecule has 35 heavy (non-hydrogen) atoms. The van der Waals surface area contributed by atoms with E-state index in [0.717, 1.165) is 34.8 Å². The molecule has 3 aromatic carbocycles. The predicted molar refractivity (Wildman–Crippen MR) is 131 cm³/mol. The minimum absolute atomic E-state index is 0.135. The molecule has 0 fully saturated rings. The van der Waals surface area contributed by atoms with Crippen LogP contribution in [0.1, 0.15) is 0 Å². The number of aromatic nitrogens is 3. The minimum atomic E-state index is -0.878. The number of benzene rings is 3.